The zero-order chi connectivity index (χ0) is 23.6. The molecular weight excluding hydrogens is 392 g/mol. The van der Waals surface area contributed by atoms with Crippen molar-refractivity contribution >= 4 is 18.0 Å². The number of ketones is 1. The van der Waals surface area contributed by atoms with Gasteiger partial charge in [-0.25, -0.2) is 0 Å². The van der Waals surface area contributed by atoms with Crippen molar-refractivity contribution in [1.29, 1.82) is 0 Å². The standard InChI is InChI=1S/C21H26O4.C3H6O.C2H6/c1-11-4-5-13-16-14(7-9-20(11,13)2)21(3)8-6-12(22)10-15(21)18(23)17(16)19(24)25;1-2-3-4;1-2/h5,10-11,17-18,23H,4,6-9H2,1-3H3,(H,24,25);3H,2H2,1H3;1-2H3/t11?,17?,18-,20?,21?;;/m0../s1. The normalized spacial score (nSPS) is 35.7. The predicted octanol–water partition coefficient (Wildman–Crippen LogP) is 5.04. The fraction of sp³-hybridized carbons (Fsp3) is 0.654. The number of fused-ring (bicyclic) bond motifs is 4. The molecule has 0 spiro atoms. The van der Waals surface area contributed by atoms with Gasteiger partial charge in [-0.3, -0.25) is 9.59 Å². The SMILES string of the molecule is CC.CC1CC=C2C3=C(CCC21C)C1(C)CCC(=O)C=C1[C@H](O)C3C(=O)O.CCC=O. The van der Waals surface area contributed by atoms with Crippen LogP contribution in [0.25, 0.3) is 0 Å². The lowest BCUT2D eigenvalue weighted by atomic mass is 9.52. The van der Waals surface area contributed by atoms with Crippen LogP contribution in [0.2, 0.25) is 0 Å². The number of aliphatic hydroxyl groups is 1. The Morgan fingerprint density at radius 2 is 1.84 bits per heavy atom. The van der Waals surface area contributed by atoms with Crippen LogP contribution in [0.5, 0.6) is 0 Å². The second-order valence-electron chi connectivity index (χ2n) is 9.30. The summed E-state index contributed by atoms with van der Waals surface area (Å²) in [5.41, 5.74) is 3.39. The van der Waals surface area contributed by atoms with Crippen molar-refractivity contribution in [3.05, 3.63) is 34.4 Å². The minimum absolute atomic E-state index is 0.00549. The summed E-state index contributed by atoms with van der Waals surface area (Å²) in [4.78, 5) is 33.3. The van der Waals surface area contributed by atoms with Gasteiger partial charge in [-0.1, -0.05) is 53.2 Å². The van der Waals surface area contributed by atoms with Gasteiger partial charge in [0, 0.05) is 18.3 Å². The molecule has 0 saturated heterocycles. The average Bonchev–Trinajstić information content (AvgIpc) is 3.05. The van der Waals surface area contributed by atoms with Crippen molar-refractivity contribution in [3.8, 4) is 0 Å². The zero-order valence-corrected chi connectivity index (χ0v) is 19.8. The topological polar surface area (TPSA) is 91.7 Å². The van der Waals surface area contributed by atoms with E-state index in [0.717, 1.165) is 42.3 Å². The van der Waals surface area contributed by atoms with Crippen molar-refractivity contribution in [2.24, 2.45) is 22.7 Å². The zero-order valence-electron chi connectivity index (χ0n) is 19.8. The van der Waals surface area contributed by atoms with Crippen LogP contribution in [-0.2, 0) is 14.4 Å². The molecule has 0 aromatic heterocycles. The number of allylic oxidation sites excluding steroid dienone is 4. The van der Waals surface area contributed by atoms with Crippen LogP contribution in [0, 0.1) is 22.7 Å². The monoisotopic (exact) mass is 430 g/mol. The van der Waals surface area contributed by atoms with E-state index in [0.29, 0.717) is 30.8 Å². The van der Waals surface area contributed by atoms with E-state index in [1.807, 2.05) is 20.8 Å². The molecule has 0 aliphatic heterocycles. The first-order valence-electron chi connectivity index (χ1n) is 11.7. The first-order valence-corrected chi connectivity index (χ1v) is 11.7. The van der Waals surface area contributed by atoms with Crippen molar-refractivity contribution in [2.45, 2.75) is 86.2 Å². The second-order valence-corrected chi connectivity index (χ2v) is 9.30. The van der Waals surface area contributed by atoms with E-state index >= 15 is 0 Å². The Balaban J connectivity index is 0.000000513. The van der Waals surface area contributed by atoms with E-state index in [4.69, 9.17) is 0 Å². The van der Waals surface area contributed by atoms with Crippen LogP contribution in [0.1, 0.15) is 80.1 Å². The number of aliphatic hydroxyl groups excluding tert-OH is 1. The lowest BCUT2D eigenvalue weighted by molar-refractivity contribution is -0.144. The molecule has 0 radical (unpaired) electrons. The van der Waals surface area contributed by atoms with Crippen LogP contribution in [-0.4, -0.2) is 34.4 Å². The molecule has 5 atom stereocenters. The van der Waals surface area contributed by atoms with Crippen LogP contribution in [0.15, 0.2) is 34.4 Å². The summed E-state index contributed by atoms with van der Waals surface area (Å²) in [5, 5.41) is 20.9. The van der Waals surface area contributed by atoms with Crippen LogP contribution < -0.4 is 0 Å². The summed E-state index contributed by atoms with van der Waals surface area (Å²) in [6.07, 6.45) is 8.08. The maximum atomic E-state index is 12.1. The molecule has 172 valence electrons. The van der Waals surface area contributed by atoms with E-state index in [-0.39, 0.29) is 16.6 Å². The Hall–Kier alpha value is -2.01. The van der Waals surface area contributed by atoms with Gasteiger partial charge in [-0.2, -0.15) is 0 Å². The highest BCUT2D eigenvalue weighted by atomic mass is 16.4. The third-order valence-electron chi connectivity index (χ3n) is 7.76. The van der Waals surface area contributed by atoms with Gasteiger partial charge in [0.25, 0.3) is 0 Å². The number of rotatable bonds is 2. The highest BCUT2D eigenvalue weighted by Gasteiger charge is 2.56. The molecule has 5 nitrogen and oxygen atoms in total. The molecule has 0 aromatic carbocycles. The maximum Gasteiger partial charge on any atom is 0.313 e. The van der Waals surface area contributed by atoms with E-state index < -0.39 is 18.0 Å². The van der Waals surface area contributed by atoms with E-state index in [2.05, 4.69) is 26.8 Å². The third-order valence-corrected chi connectivity index (χ3v) is 7.76. The molecular formula is C26H38O5. The van der Waals surface area contributed by atoms with Gasteiger partial charge < -0.3 is 15.0 Å². The molecule has 2 N–H and O–H groups in total. The average molecular weight is 431 g/mol. The summed E-state index contributed by atoms with van der Waals surface area (Å²) in [6.45, 7) is 12.4. The lowest BCUT2D eigenvalue weighted by Crippen LogP contribution is -2.48. The smallest absolute Gasteiger partial charge is 0.313 e. The van der Waals surface area contributed by atoms with Gasteiger partial charge in [-0.15, -0.1) is 0 Å². The minimum atomic E-state index is -1.12. The molecule has 0 amide bonds. The van der Waals surface area contributed by atoms with Crippen LogP contribution in [0.4, 0.5) is 0 Å². The Morgan fingerprint density at radius 3 is 2.39 bits per heavy atom. The Morgan fingerprint density at radius 1 is 1.23 bits per heavy atom. The molecule has 4 unspecified atom stereocenters. The van der Waals surface area contributed by atoms with Gasteiger partial charge in [0.05, 0.1) is 6.10 Å². The third kappa shape index (κ3) is 4.09. The van der Waals surface area contributed by atoms with Crippen molar-refractivity contribution in [2.75, 3.05) is 0 Å². The molecule has 5 heteroatoms. The molecule has 31 heavy (non-hydrogen) atoms. The molecule has 4 aliphatic rings. The van der Waals surface area contributed by atoms with E-state index in [9.17, 15) is 24.6 Å². The number of carboxylic acid groups (broad SMARTS) is 1. The van der Waals surface area contributed by atoms with Crippen molar-refractivity contribution in [3.63, 3.8) is 0 Å². The predicted molar refractivity (Wildman–Crippen MR) is 121 cm³/mol. The highest BCUT2D eigenvalue weighted by Crippen LogP contribution is 2.63. The van der Waals surface area contributed by atoms with Crippen LogP contribution in [0.3, 0.4) is 0 Å². The van der Waals surface area contributed by atoms with Crippen molar-refractivity contribution < 1.29 is 24.6 Å². The number of hydrogen-bond acceptors (Lipinski definition) is 4. The minimum Gasteiger partial charge on any atom is -0.481 e. The summed E-state index contributed by atoms with van der Waals surface area (Å²) in [6, 6.07) is 0. The maximum absolute atomic E-state index is 12.1. The molecule has 4 aliphatic carbocycles. The number of hydrogen-bond donors (Lipinski definition) is 2. The molecule has 0 heterocycles. The molecule has 0 fully saturated rings. The number of aldehydes is 1. The van der Waals surface area contributed by atoms with E-state index in [1.54, 1.807) is 0 Å². The Kier molecular flexibility index (Phi) is 7.85. The van der Waals surface area contributed by atoms with Crippen molar-refractivity contribution in [1.82, 2.24) is 0 Å². The van der Waals surface area contributed by atoms with E-state index in [1.165, 1.54) is 6.08 Å². The van der Waals surface area contributed by atoms with Gasteiger partial charge in [-0.05, 0) is 59.8 Å². The number of carbonyl (C=O) groups is 3. The van der Waals surface area contributed by atoms with Gasteiger partial charge in [0.15, 0.2) is 5.78 Å². The fourth-order valence-electron chi connectivity index (χ4n) is 5.72. The van der Waals surface area contributed by atoms with Gasteiger partial charge >= 0.3 is 5.97 Å². The quantitative estimate of drug-likeness (QED) is 0.599. The number of carbonyl (C=O) groups excluding carboxylic acids is 2. The van der Waals surface area contributed by atoms with Gasteiger partial charge in [0.2, 0.25) is 0 Å². The summed E-state index contributed by atoms with van der Waals surface area (Å²) in [5.74, 6) is -1.48. The second kappa shape index (κ2) is 9.64. The molecule has 0 aromatic rings. The number of carboxylic acids is 1. The van der Waals surface area contributed by atoms with Crippen LogP contribution >= 0.6 is 0 Å². The fourth-order valence-corrected chi connectivity index (χ4v) is 5.72. The first-order chi connectivity index (χ1) is 14.6. The highest BCUT2D eigenvalue weighted by molar-refractivity contribution is 5.93. The summed E-state index contributed by atoms with van der Waals surface area (Å²) in [7, 11) is 0. The molecule has 4 rings (SSSR count). The molecule has 0 saturated carbocycles. The summed E-state index contributed by atoms with van der Waals surface area (Å²) < 4.78 is 0. The molecule has 0 bridgehead atoms. The number of aliphatic carboxylic acids is 1. The Labute approximate surface area is 186 Å². The van der Waals surface area contributed by atoms with Gasteiger partial charge in [0.1, 0.15) is 12.2 Å². The first kappa shape index (κ1) is 25.3. The largest absolute Gasteiger partial charge is 0.481 e. The Bertz CT molecular complexity index is 833. The lowest BCUT2D eigenvalue weighted by Gasteiger charge is -2.52. The summed E-state index contributed by atoms with van der Waals surface area (Å²) >= 11 is 0.